The molecule has 162 valence electrons. The molecule has 3 heterocycles. The van der Waals surface area contributed by atoms with Gasteiger partial charge in [-0.3, -0.25) is 4.79 Å². The molecule has 1 aromatic heterocycles. The fourth-order valence-corrected chi connectivity index (χ4v) is 5.25. The van der Waals surface area contributed by atoms with E-state index in [-0.39, 0.29) is 18.6 Å². The lowest BCUT2D eigenvalue weighted by molar-refractivity contribution is -0.137. The average molecular weight is 413 g/mol. The predicted molar refractivity (Wildman–Crippen MR) is 113 cm³/mol. The smallest absolute Gasteiger partial charge is 0.248 e. The van der Waals surface area contributed by atoms with Crippen molar-refractivity contribution in [2.45, 2.75) is 64.0 Å². The van der Waals surface area contributed by atoms with Crippen molar-refractivity contribution in [2.75, 3.05) is 44.9 Å². The number of ether oxygens (including phenoxy) is 2. The van der Waals surface area contributed by atoms with Gasteiger partial charge in [0.2, 0.25) is 5.91 Å². The number of nitriles is 1. The van der Waals surface area contributed by atoms with E-state index in [2.05, 4.69) is 17.9 Å². The van der Waals surface area contributed by atoms with E-state index in [0.717, 1.165) is 29.1 Å². The fourth-order valence-electron chi connectivity index (χ4n) is 5.25. The Labute approximate surface area is 179 Å². The summed E-state index contributed by atoms with van der Waals surface area (Å²) in [5, 5.41) is 10.0. The van der Waals surface area contributed by atoms with Crippen molar-refractivity contribution in [1.82, 2.24) is 9.88 Å². The number of amides is 1. The third-order valence-corrected chi connectivity index (χ3v) is 6.79. The summed E-state index contributed by atoms with van der Waals surface area (Å²) in [5.41, 5.74) is 4.16. The van der Waals surface area contributed by atoms with Gasteiger partial charge in [-0.1, -0.05) is 19.3 Å². The van der Waals surface area contributed by atoms with E-state index >= 15 is 0 Å². The molecular formula is C23H32N4O3. The number of methoxy groups -OCH3 is 1. The monoisotopic (exact) mass is 412 g/mol. The Morgan fingerprint density at radius 2 is 2.07 bits per heavy atom. The maximum absolute atomic E-state index is 12.3. The fraction of sp³-hybridized carbons (Fsp3) is 0.696. The maximum atomic E-state index is 12.3. The van der Waals surface area contributed by atoms with Crippen molar-refractivity contribution in [2.24, 2.45) is 0 Å². The molecule has 2 fully saturated rings. The van der Waals surface area contributed by atoms with Crippen molar-refractivity contribution < 1.29 is 14.3 Å². The number of anilines is 1. The van der Waals surface area contributed by atoms with Gasteiger partial charge in [0.15, 0.2) is 0 Å². The highest BCUT2D eigenvalue weighted by atomic mass is 16.5. The number of pyridine rings is 1. The minimum absolute atomic E-state index is 0.0172. The van der Waals surface area contributed by atoms with Crippen LogP contribution in [0.1, 0.15) is 67.3 Å². The van der Waals surface area contributed by atoms with Crippen LogP contribution in [0.2, 0.25) is 0 Å². The summed E-state index contributed by atoms with van der Waals surface area (Å²) in [4.78, 5) is 21.6. The van der Waals surface area contributed by atoms with Gasteiger partial charge in [-0.25, -0.2) is 4.98 Å². The second-order valence-electron chi connectivity index (χ2n) is 8.72. The Kier molecular flexibility index (Phi) is 6.55. The number of rotatable bonds is 4. The molecule has 1 aromatic rings. The molecule has 1 amide bonds. The van der Waals surface area contributed by atoms with Crippen LogP contribution in [0.4, 0.5) is 5.82 Å². The van der Waals surface area contributed by atoms with Gasteiger partial charge in [0, 0.05) is 44.3 Å². The van der Waals surface area contributed by atoms with Crippen molar-refractivity contribution in [3.8, 4) is 6.07 Å². The van der Waals surface area contributed by atoms with Crippen LogP contribution in [-0.2, 0) is 27.3 Å². The lowest BCUT2D eigenvalue weighted by Gasteiger charge is -2.41. The lowest BCUT2D eigenvalue weighted by atomic mass is 9.82. The van der Waals surface area contributed by atoms with Crippen LogP contribution in [0.15, 0.2) is 0 Å². The second kappa shape index (κ2) is 9.32. The molecule has 2 aliphatic heterocycles. The van der Waals surface area contributed by atoms with Gasteiger partial charge in [-0.2, -0.15) is 5.26 Å². The number of piperazine rings is 1. The quantitative estimate of drug-likeness (QED) is 0.757. The van der Waals surface area contributed by atoms with Crippen LogP contribution in [0.25, 0.3) is 0 Å². The number of fused-ring (bicyclic) bond motifs is 1. The number of aromatic nitrogens is 1. The number of carbonyl (C=O) groups excluding carboxylic acids is 1. The van der Waals surface area contributed by atoms with Crippen molar-refractivity contribution in [3.63, 3.8) is 0 Å². The maximum Gasteiger partial charge on any atom is 0.248 e. The first-order valence-electron chi connectivity index (χ1n) is 11.2. The minimum atomic E-state index is 0.0172. The Bertz CT molecular complexity index is 829. The first-order chi connectivity index (χ1) is 14.6. The van der Waals surface area contributed by atoms with E-state index < -0.39 is 0 Å². The number of hydrogen-bond acceptors (Lipinski definition) is 6. The van der Waals surface area contributed by atoms with E-state index in [1.54, 1.807) is 7.11 Å². The molecule has 3 aliphatic rings. The first kappa shape index (κ1) is 21.1. The summed E-state index contributed by atoms with van der Waals surface area (Å²) in [7, 11) is 1.55. The molecule has 7 nitrogen and oxygen atoms in total. The van der Waals surface area contributed by atoms with Crippen molar-refractivity contribution in [1.29, 1.82) is 5.26 Å². The Hall–Kier alpha value is -2.17. The van der Waals surface area contributed by atoms with E-state index in [0.29, 0.717) is 44.3 Å². The highest BCUT2D eigenvalue weighted by Gasteiger charge is 2.33. The van der Waals surface area contributed by atoms with Crippen LogP contribution in [-0.4, -0.2) is 61.8 Å². The van der Waals surface area contributed by atoms with Gasteiger partial charge >= 0.3 is 0 Å². The summed E-state index contributed by atoms with van der Waals surface area (Å²) in [6, 6.07) is 2.51. The largest absolute Gasteiger partial charge is 0.376 e. The molecule has 1 aliphatic carbocycles. The highest BCUT2D eigenvalue weighted by molar-refractivity contribution is 5.78. The normalized spacial score (nSPS) is 22.5. The number of hydrogen-bond donors (Lipinski definition) is 0. The summed E-state index contributed by atoms with van der Waals surface area (Å²) in [5.74, 6) is 1.29. The van der Waals surface area contributed by atoms with Crippen molar-refractivity contribution in [3.05, 3.63) is 22.4 Å². The summed E-state index contributed by atoms with van der Waals surface area (Å²) in [6.45, 7) is 5.37. The molecule has 7 heteroatoms. The van der Waals surface area contributed by atoms with Crippen molar-refractivity contribution >= 4 is 11.7 Å². The molecule has 0 spiro atoms. The standard InChI is InChI=1S/C23H32N4O3/c1-16-13-26(9-10-27(16)21(28)15-29-2)23-19(12-24)18-8-11-30-14-20(18)22(25-23)17-6-4-3-5-7-17/h16-17H,3-11,13-15H2,1-2H3/t16-/m1/s1. The van der Waals surface area contributed by atoms with Crippen LogP contribution in [0, 0.1) is 11.3 Å². The molecule has 1 saturated heterocycles. The van der Waals surface area contributed by atoms with Crippen LogP contribution >= 0.6 is 0 Å². The number of carbonyl (C=O) groups is 1. The molecule has 0 aromatic carbocycles. The molecule has 0 unspecified atom stereocenters. The molecule has 0 radical (unpaired) electrons. The lowest BCUT2D eigenvalue weighted by Crippen LogP contribution is -2.55. The van der Waals surface area contributed by atoms with Gasteiger partial charge in [0.05, 0.1) is 24.5 Å². The Balaban J connectivity index is 1.67. The van der Waals surface area contributed by atoms with Gasteiger partial charge in [-0.15, -0.1) is 0 Å². The Morgan fingerprint density at radius 1 is 1.27 bits per heavy atom. The summed E-state index contributed by atoms with van der Waals surface area (Å²) >= 11 is 0. The van der Waals surface area contributed by atoms with Gasteiger partial charge < -0.3 is 19.3 Å². The molecular weight excluding hydrogens is 380 g/mol. The number of nitrogens with zero attached hydrogens (tertiary/aromatic N) is 4. The third kappa shape index (κ3) is 4.03. The highest BCUT2D eigenvalue weighted by Crippen LogP contribution is 2.39. The second-order valence-corrected chi connectivity index (χ2v) is 8.72. The predicted octanol–water partition coefficient (Wildman–Crippen LogP) is 2.76. The molecule has 30 heavy (non-hydrogen) atoms. The molecule has 0 N–H and O–H groups in total. The van der Waals surface area contributed by atoms with Crippen LogP contribution < -0.4 is 4.90 Å². The molecule has 1 saturated carbocycles. The zero-order chi connectivity index (χ0) is 21.1. The van der Waals surface area contributed by atoms with E-state index in [4.69, 9.17) is 14.5 Å². The SMILES string of the molecule is COCC(=O)N1CCN(c2nc(C3CCCCC3)c3c(c2C#N)CCOC3)C[C@H]1C. The molecule has 0 bridgehead atoms. The van der Waals surface area contributed by atoms with E-state index in [1.165, 1.54) is 32.1 Å². The Morgan fingerprint density at radius 3 is 2.77 bits per heavy atom. The van der Waals surface area contributed by atoms with Gasteiger partial charge in [0.25, 0.3) is 0 Å². The average Bonchev–Trinajstić information content (AvgIpc) is 2.78. The zero-order valence-corrected chi connectivity index (χ0v) is 18.2. The minimum Gasteiger partial charge on any atom is -0.376 e. The van der Waals surface area contributed by atoms with Crippen LogP contribution in [0.5, 0.6) is 0 Å². The third-order valence-electron chi connectivity index (χ3n) is 6.79. The van der Waals surface area contributed by atoms with E-state index in [9.17, 15) is 10.1 Å². The van der Waals surface area contributed by atoms with E-state index in [1.807, 2.05) is 4.90 Å². The zero-order valence-electron chi connectivity index (χ0n) is 18.2. The van der Waals surface area contributed by atoms with Crippen LogP contribution in [0.3, 0.4) is 0 Å². The first-order valence-corrected chi connectivity index (χ1v) is 11.2. The summed E-state index contributed by atoms with van der Waals surface area (Å²) in [6.07, 6.45) is 6.90. The van der Waals surface area contributed by atoms with Gasteiger partial charge in [-0.05, 0) is 31.7 Å². The summed E-state index contributed by atoms with van der Waals surface area (Å²) < 4.78 is 10.8. The molecule has 4 rings (SSSR count). The van der Waals surface area contributed by atoms with Gasteiger partial charge in [0.1, 0.15) is 18.5 Å². The molecule has 1 atom stereocenters. The topological polar surface area (TPSA) is 78.7 Å².